The van der Waals surface area contributed by atoms with Gasteiger partial charge in [0.05, 0.1) is 12.5 Å². The maximum atomic E-state index is 12.5. The van der Waals surface area contributed by atoms with Crippen LogP contribution in [0.4, 0.5) is 0 Å². The Morgan fingerprint density at radius 2 is 2.10 bits per heavy atom. The van der Waals surface area contributed by atoms with Crippen molar-refractivity contribution >= 4 is 27.5 Å². The Labute approximate surface area is 168 Å². The second-order valence-corrected chi connectivity index (χ2v) is 7.21. The molecule has 0 saturated heterocycles. The average molecular weight is 412 g/mol. The van der Waals surface area contributed by atoms with Crippen LogP contribution in [0.1, 0.15) is 27.0 Å². The smallest absolute Gasteiger partial charge is 0.349 e. The first-order chi connectivity index (χ1) is 14.0. The lowest BCUT2D eigenvalue weighted by Gasteiger charge is -2.00. The maximum Gasteiger partial charge on any atom is 0.349 e. The van der Waals surface area contributed by atoms with Gasteiger partial charge < -0.3 is 19.0 Å². The van der Waals surface area contributed by atoms with Gasteiger partial charge in [0.15, 0.2) is 6.61 Å². The molecule has 0 aliphatic rings. The molecule has 3 heterocycles. The summed E-state index contributed by atoms with van der Waals surface area (Å²) in [5.74, 6) is 1.09. The van der Waals surface area contributed by atoms with Gasteiger partial charge in [0, 0.05) is 5.56 Å². The third kappa shape index (κ3) is 3.61. The second-order valence-electron chi connectivity index (χ2n) is 6.21. The van der Waals surface area contributed by atoms with Gasteiger partial charge in [0.1, 0.15) is 21.3 Å². The zero-order valence-corrected chi connectivity index (χ0v) is 16.6. The quantitative estimate of drug-likeness (QED) is 0.497. The Morgan fingerprint density at radius 3 is 2.90 bits per heavy atom. The number of thiophene rings is 1. The van der Waals surface area contributed by atoms with Crippen LogP contribution in [0.5, 0.6) is 5.75 Å². The first kappa shape index (κ1) is 18.8. The Kier molecular flexibility index (Phi) is 4.85. The molecule has 0 aliphatic carbocycles. The summed E-state index contributed by atoms with van der Waals surface area (Å²) in [6.45, 7) is 3.19. The van der Waals surface area contributed by atoms with E-state index in [1.165, 1.54) is 0 Å². The maximum absolute atomic E-state index is 12.5. The lowest BCUT2D eigenvalue weighted by molar-refractivity contribution is 0.0435. The van der Waals surface area contributed by atoms with E-state index in [1.807, 2.05) is 12.1 Å². The third-order valence-electron chi connectivity index (χ3n) is 4.23. The van der Waals surface area contributed by atoms with Crippen molar-refractivity contribution < 1.29 is 18.8 Å². The Bertz CT molecular complexity index is 1270. The molecule has 148 valence electrons. The van der Waals surface area contributed by atoms with E-state index in [9.17, 15) is 9.59 Å². The zero-order chi connectivity index (χ0) is 20.5. The number of rotatable bonds is 5. The summed E-state index contributed by atoms with van der Waals surface area (Å²) in [7, 11) is 1.57. The van der Waals surface area contributed by atoms with Gasteiger partial charge in [0.2, 0.25) is 5.82 Å². The Hall–Kier alpha value is -3.53. The number of ether oxygens (including phenoxy) is 2. The molecule has 4 aromatic rings. The number of hydrogen-bond acceptors (Lipinski definition) is 9. The summed E-state index contributed by atoms with van der Waals surface area (Å²) in [4.78, 5) is 36.6. The molecule has 0 unspecified atom stereocenters. The van der Waals surface area contributed by atoms with Crippen LogP contribution in [0.2, 0.25) is 0 Å². The van der Waals surface area contributed by atoms with Gasteiger partial charge >= 0.3 is 5.97 Å². The molecule has 0 amide bonds. The van der Waals surface area contributed by atoms with Crippen molar-refractivity contribution in [2.75, 3.05) is 7.11 Å². The molecule has 0 aliphatic heterocycles. The van der Waals surface area contributed by atoms with E-state index >= 15 is 0 Å². The summed E-state index contributed by atoms with van der Waals surface area (Å²) >= 11 is 1.12. The van der Waals surface area contributed by atoms with Crippen molar-refractivity contribution in [3.63, 3.8) is 0 Å². The van der Waals surface area contributed by atoms with Gasteiger partial charge in [-0.05, 0) is 31.5 Å². The predicted octanol–water partition coefficient (Wildman–Crippen LogP) is 3.02. The van der Waals surface area contributed by atoms with Crippen LogP contribution in [0.25, 0.3) is 21.6 Å². The van der Waals surface area contributed by atoms with Crippen molar-refractivity contribution in [3.05, 3.63) is 56.8 Å². The van der Waals surface area contributed by atoms with E-state index in [0.29, 0.717) is 43.6 Å². The molecule has 3 aromatic heterocycles. The molecule has 0 bridgehead atoms. The number of aromatic amines is 1. The van der Waals surface area contributed by atoms with Crippen LogP contribution < -0.4 is 10.3 Å². The van der Waals surface area contributed by atoms with Crippen LogP contribution in [0.3, 0.4) is 0 Å². The minimum absolute atomic E-state index is 0.154. The first-order valence-electron chi connectivity index (χ1n) is 8.60. The molecule has 1 N–H and O–H groups in total. The summed E-state index contributed by atoms with van der Waals surface area (Å²) in [6, 6.07) is 7.21. The van der Waals surface area contributed by atoms with Crippen LogP contribution in [0.15, 0.2) is 33.6 Å². The van der Waals surface area contributed by atoms with Gasteiger partial charge in [-0.1, -0.05) is 17.3 Å². The molecule has 0 radical (unpaired) electrons. The topological polar surface area (TPSA) is 120 Å². The number of methoxy groups -OCH3 is 1. The zero-order valence-electron chi connectivity index (χ0n) is 15.8. The highest BCUT2D eigenvalue weighted by Gasteiger charge is 2.21. The Balaban J connectivity index is 1.51. The van der Waals surface area contributed by atoms with Crippen LogP contribution >= 0.6 is 11.3 Å². The number of aryl methyl sites for hydroxylation is 2. The van der Waals surface area contributed by atoms with E-state index in [0.717, 1.165) is 11.3 Å². The van der Waals surface area contributed by atoms with Gasteiger partial charge in [-0.25, -0.2) is 9.78 Å². The first-order valence-corrected chi connectivity index (χ1v) is 9.42. The lowest BCUT2D eigenvalue weighted by atomic mass is 10.2. The van der Waals surface area contributed by atoms with Crippen LogP contribution in [-0.2, 0) is 11.3 Å². The van der Waals surface area contributed by atoms with Crippen molar-refractivity contribution in [3.8, 4) is 17.1 Å². The Morgan fingerprint density at radius 1 is 1.28 bits per heavy atom. The molecule has 4 rings (SSSR count). The molecule has 0 spiro atoms. The van der Waals surface area contributed by atoms with Crippen LogP contribution in [-0.4, -0.2) is 33.2 Å². The highest BCUT2D eigenvalue weighted by molar-refractivity contribution is 7.20. The summed E-state index contributed by atoms with van der Waals surface area (Å²) in [5.41, 5.74) is 0.971. The summed E-state index contributed by atoms with van der Waals surface area (Å²) in [5, 5.41) is 4.29. The van der Waals surface area contributed by atoms with Crippen molar-refractivity contribution in [2.24, 2.45) is 0 Å². The fourth-order valence-corrected chi connectivity index (χ4v) is 3.95. The summed E-state index contributed by atoms with van der Waals surface area (Å²) < 4.78 is 15.6. The number of esters is 1. The lowest BCUT2D eigenvalue weighted by Crippen LogP contribution is -2.10. The molecule has 0 atom stereocenters. The number of nitrogens with zero attached hydrogens (tertiary/aromatic N) is 3. The fraction of sp³-hybridized carbons (Fsp3) is 0.211. The molecule has 0 saturated carbocycles. The van der Waals surface area contributed by atoms with Crippen LogP contribution in [0, 0.1) is 13.8 Å². The number of nitrogens with one attached hydrogen (secondary N) is 1. The molecular weight excluding hydrogens is 396 g/mol. The molecule has 9 nitrogen and oxygen atoms in total. The number of aromatic nitrogens is 4. The normalized spacial score (nSPS) is 11.0. The average Bonchev–Trinajstić information content (AvgIpc) is 3.31. The minimum Gasteiger partial charge on any atom is -0.497 e. The highest BCUT2D eigenvalue weighted by atomic mass is 32.1. The van der Waals surface area contributed by atoms with Crippen molar-refractivity contribution in [2.45, 2.75) is 20.5 Å². The number of carbonyl (C=O) groups is 1. The van der Waals surface area contributed by atoms with E-state index in [-0.39, 0.29) is 18.1 Å². The standard InChI is InChI=1S/C19H16N4O5S/c1-9-14-17(24)20-10(2)21-18(14)29-15(9)19(25)27-8-13-22-16(23-28-13)11-5-4-6-12(7-11)26-3/h4-7H,8H2,1-3H3,(H,20,21,24). The predicted molar refractivity (Wildman–Crippen MR) is 105 cm³/mol. The molecule has 10 heteroatoms. The van der Waals surface area contributed by atoms with Gasteiger partial charge in [-0.3, -0.25) is 4.79 Å². The van der Waals surface area contributed by atoms with E-state index in [2.05, 4.69) is 20.1 Å². The SMILES string of the molecule is COc1cccc(-c2noc(COC(=O)c3sc4nc(C)[nH]c(=O)c4c3C)n2)c1. The van der Waals surface area contributed by atoms with E-state index in [4.69, 9.17) is 14.0 Å². The number of carbonyl (C=O) groups excluding carboxylic acids is 1. The van der Waals surface area contributed by atoms with Gasteiger partial charge in [0.25, 0.3) is 11.4 Å². The highest BCUT2D eigenvalue weighted by Crippen LogP contribution is 2.28. The molecule has 1 aromatic carbocycles. The monoisotopic (exact) mass is 412 g/mol. The number of H-pyrrole nitrogens is 1. The third-order valence-corrected chi connectivity index (χ3v) is 5.39. The van der Waals surface area contributed by atoms with Gasteiger partial charge in [-0.2, -0.15) is 4.98 Å². The van der Waals surface area contributed by atoms with Crippen molar-refractivity contribution in [1.29, 1.82) is 0 Å². The number of hydrogen-bond donors (Lipinski definition) is 1. The molecular formula is C19H16N4O5S. The largest absolute Gasteiger partial charge is 0.497 e. The number of fused-ring (bicyclic) bond motifs is 1. The van der Waals surface area contributed by atoms with E-state index in [1.54, 1.807) is 33.1 Å². The fourth-order valence-electron chi connectivity index (χ4n) is 2.83. The molecule has 29 heavy (non-hydrogen) atoms. The van der Waals surface area contributed by atoms with Crippen molar-refractivity contribution in [1.82, 2.24) is 20.1 Å². The van der Waals surface area contributed by atoms with Gasteiger partial charge in [-0.15, -0.1) is 11.3 Å². The summed E-state index contributed by atoms with van der Waals surface area (Å²) in [6.07, 6.45) is 0. The molecule has 0 fully saturated rings. The minimum atomic E-state index is -0.580. The second kappa shape index (κ2) is 7.47. The number of benzene rings is 1. The van der Waals surface area contributed by atoms with E-state index < -0.39 is 5.97 Å².